The van der Waals surface area contributed by atoms with Gasteiger partial charge in [-0.05, 0) is 62.9 Å². The molecule has 7 nitrogen and oxygen atoms in total. The van der Waals surface area contributed by atoms with Crippen LogP contribution in [0.1, 0.15) is 55.3 Å². The van der Waals surface area contributed by atoms with Gasteiger partial charge in [0.25, 0.3) is 5.91 Å². The van der Waals surface area contributed by atoms with Crippen molar-refractivity contribution in [3.8, 4) is 5.75 Å². The van der Waals surface area contributed by atoms with Crippen molar-refractivity contribution in [2.75, 3.05) is 59.5 Å². The molecule has 1 unspecified atom stereocenters. The van der Waals surface area contributed by atoms with Gasteiger partial charge in [-0.25, -0.2) is 0 Å². The molecule has 1 aromatic carbocycles. The normalized spacial score (nSPS) is 21.7. The fraction of sp³-hybridized carbons (Fsp3) is 0.692. The second kappa shape index (κ2) is 11.8. The maximum absolute atomic E-state index is 13.3. The Bertz CT molecular complexity index is 781. The highest BCUT2D eigenvalue weighted by Crippen LogP contribution is 2.31. The molecule has 33 heavy (non-hydrogen) atoms. The van der Waals surface area contributed by atoms with Crippen molar-refractivity contribution in [3.05, 3.63) is 29.8 Å². The molecule has 1 atom stereocenters. The van der Waals surface area contributed by atoms with Gasteiger partial charge in [0, 0.05) is 44.8 Å². The van der Waals surface area contributed by atoms with Crippen molar-refractivity contribution in [1.82, 2.24) is 20.0 Å². The highest BCUT2D eigenvalue weighted by atomic mass is 16.5. The van der Waals surface area contributed by atoms with E-state index in [1.807, 2.05) is 23.1 Å². The Kier molecular flexibility index (Phi) is 8.62. The minimum atomic E-state index is -0.0667. The summed E-state index contributed by atoms with van der Waals surface area (Å²) >= 11 is 0. The number of amides is 2. The lowest BCUT2D eigenvalue weighted by Crippen LogP contribution is -2.58. The number of hydrogen-bond acceptors (Lipinski definition) is 5. The number of hydrogen-bond donors (Lipinski definition) is 1. The fourth-order valence-electron chi connectivity index (χ4n) is 5.72. The molecule has 1 N–H and O–H groups in total. The summed E-state index contributed by atoms with van der Waals surface area (Å²) in [6.45, 7) is 6.80. The summed E-state index contributed by atoms with van der Waals surface area (Å²) in [5.41, 5.74) is 0.658. The number of methoxy groups -OCH3 is 1. The molecule has 7 heteroatoms. The monoisotopic (exact) mass is 456 g/mol. The van der Waals surface area contributed by atoms with Crippen molar-refractivity contribution in [3.63, 3.8) is 0 Å². The Morgan fingerprint density at radius 3 is 2.42 bits per heavy atom. The topological polar surface area (TPSA) is 65.1 Å². The third-order valence-corrected chi connectivity index (χ3v) is 7.60. The van der Waals surface area contributed by atoms with Gasteiger partial charge < -0.3 is 19.9 Å². The van der Waals surface area contributed by atoms with E-state index in [1.54, 1.807) is 13.2 Å². The molecule has 2 amide bonds. The first-order valence-electron chi connectivity index (χ1n) is 12.8. The molecule has 2 heterocycles. The summed E-state index contributed by atoms with van der Waals surface area (Å²) in [4.78, 5) is 33.0. The van der Waals surface area contributed by atoms with Gasteiger partial charge in [0.1, 0.15) is 5.75 Å². The van der Waals surface area contributed by atoms with Crippen molar-refractivity contribution in [2.24, 2.45) is 5.92 Å². The molecule has 1 aliphatic carbocycles. The van der Waals surface area contributed by atoms with Gasteiger partial charge in [-0.3, -0.25) is 14.5 Å². The first-order valence-corrected chi connectivity index (χ1v) is 12.8. The zero-order valence-electron chi connectivity index (χ0n) is 20.1. The quantitative estimate of drug-likeness (QED) is 0.652. The minimum absolute atomic E-state index is 0.0388. The van der Waals surface area contributed by atoms with Crippen LogP contribution in [0.5, 0.6) is 5.75 Å². The smallest absolute Gasteiger partial charge is 0.254 e. The van der Waals surface area contributed by atoms with Crippen LogP contribution < -0.4 is 10.1 Å². The van der Waals surface area contributed by atoms with Crippen LogP contribution in [0.25, 0.3) is 0 Å². The summed E-state index contributed by atoms with van der Waals surface area (Å²) in [6.07, 6.45) is 8.58. The van der Waals surface area contributed by atoms with Gasteiger partial charge >= 0.3 is 0 Å². The lowest BCUT2D eigenvalue weighted by molar-refractivity contribution is -0.129. The van der Waals surface area contributed by atoms with E-state index in [0.717, 1.165) is 52.1 Å². The van der Waals surface area contributed by atoms with Gasteiger partial charge in [0.2, 0.25) is 5.91 Å². The predicted octanol–water partition coefficient (Wildman–Crippen LogP) is 2.61. The highest BCUT2D eigenvalue weighted by molar-refractivity contribution is 5.94. The molecule has 2 saturated heterocycles. The zero-order chi connectivity index (χ0) is 23.0. The first kappa shape index (κ1) is 24.0. The maximum atomic E-state index is 13.3. The van der Waals surface area contributed by atoms with Crippen LogP contribution in [-0.2, 0) is 4.79 Å². The molecule has 182 valence electrons. The number of rotatable bonds is 8. The van der Waals surface area contributed by atoms with Crippen LogP contribution in [-0.4, -0.2) is 92.0 Å². The number of carbonyl (C=O) groups excluding carboxylic acids is 2. The Labute approximate surface area is 198 Å². The van der Waals surface area contributed by atoms with E-state index in [0.29, 0.717) is 30.3 Å². The van der Waals surface area contributed by atoms with Gasteiger partial charge in [-0.1, -0.05) is 25.3 Å². The summed E-state index contributed by atoms with van der Waals surface area (Å²) in [5, 5.41) is 3.26. The molecule has 0 bridgehead atoms. The number of ether oxygens (including phenoxy) is 1. The summed E-state index contributed by atoms with van der Waals surface area (Å²) in [7, 11) is 1.61. The van der Waals surface area contributed by atoms with Gasteiger partial charge in [-0.2, -0.15) is 0 Å². The molecule has 2 aliphatic heterocycles. The van der Waals surface area contributed by atoms with E-state index in [9.17, 15) is 9.59 Å². The summed E-state index contributed by atoms with van der Waals surface area (Å²) in [6, 6.07) is 7.28. The number of likely N-dealkylation sites (tertiary alicyclic amines) is 1. The first-order chi connectivity index (χ1) is 16.2. The number of piperazine rings is 1. The Morgan fingerprint density at radius 1 is 1.00 bits per heavy atom. The molecule has 1 aromatic rings. The molecule has 3 aliphatic rings. The second-order valence-corrected chi connectivity index (χ2v) is 9.74. The van der Waals surface area contributed by atoms with Crippen LogP contribution in [0.4, 0.5) is 0 Å². The maximum Gasteiger partial charge on any atom is 0.254 e. The van der Waals surface area contributed by atoms with E-state index in [4.69, 9.17) is 4.74 Å². The molecular weight excluding hydrogens is 416 g/mol. The Balaban J connectivity index is 1.32. The van der Waals surface area contributed by atoms with Crippen molar-refractivity contribution < 1.29 is 14.3 Å². The molecule has 0 radical (unpaired) electrons. The van der Waals surface area contributed by atoms with E-state index in [2.05, 4.69) is 15.1 Å². The Morgan fingerprint density at radius 2 is 1.73 bits per heavy atom. The second-order valence-electron chi connectivity index (χ2n) is 9.74. The van der Waals surface area contributed by atoms with Crippen molar-refractivity contribution in [2.45, 2.75) is 51.0 Å². The SMILES string of the molecule is COc1cccc(C(=O)N2CCN(C(C(=O)NCCN3CCCCC3)C3CCCC3)CC2)c1. The van der Waals surface area contributed by atoms with Crippen LogP contribution in [0.15, 0.2) is 24.3 Å². The number of carbonyl (C=O) groups is 2. The van der Waals surface area contributed by atoms with E-state index in [1.165, 1.54) is 32.1 Å². The molecule has 0 spiro atoms. The summed E-state index contributed by atoms with van der Waals surface area (Å²) in [5.74, 6) is 1.35. The molecule has 3 fully saturated rings. The van der Waals surface area contributed by atoms with E-state index < -0.39 is 0 Å². The molecule has 4 rings (SSSR count). The minimum Gasteiger partial charge on any atom is -0.497 e. The van der Waals surface area contributed by atoms with Gasteiger partial charge in [-0.15, -0.1) is 0 Å². The van der Waals surface area contributed by atoms with Crippen LogP contribution in [0.3, 0.4) is 0 Å². The predicted molar refractivity (Wildman–Crippen MR) is 130 cm³/mol. The molecule has 1 saturated carbocycles. The number of piperidine rings is 1. The van der Waals surface area contributed by atoms with Gasteiger partial charge in [0.15, 0.2) is 0 Å². The fourth-order valence-corrected chi connectivity index (χ4v) is 5.72. The van der Waals surface area contributed by atoms with Crippen LogP contribution in [0.2, 0.25) is 0 Å². The lowest BCUT2D eigenvalue weighted by atomic mass is 9.95. The standard InChI is InChI=1S/C26H40N4O3/c1-33-23-11-7-10-22(20-23)26(32)30-18-16-29(17-19-30)24(21-8-3-4-9-21)25(31)27-12-15-28-13-5-2-6-14-28/h7,10-11,20-21,24H,2-6,8-9,12-19H2,1H3,(H,27,31). The number of nitrogens with zero attached hydrogens (tertiary/aromatic N) is 3. The van der Waals surface area contributed by atoms with Crippen molar-refractivity contribution in [1.29, 1.82) is 0 Å². The van der Waals surface area contributed by atoms with Crippen LogP contribution >= 0.6 is 0 Å². The summed E-state index contributed by atoms with van der Waals surface area (Å²) < 4.78 is 5.27. The number of benzene rings is 1. The largest absolute Gasteiger partial charge is 0.497 e. The van der Waals surface area contributed by atoms with E-state index >= 15 is 0 Å². The highest BCUT2D eigenvalue weighted by Gasteiger charge is 2.37. The average molecular weight is 457 g/mol. The van der Waals surface area contributed by atoms with Gasteiger partial charge in [0.05, 0.1) is 13.2 Å². The third-order valence-electron chi connectivity index (χ3n) is 7.60. The average Bonchev–Trinajstić information content (AvgIpc) is 3.39. The third kappa shape index (κ3) is 6.27. The molecular formula is C26H40N4O3. The van der Waals surface area contributed by atoms with E-state index in [-0.39, 0.29) is 17.9 Å². The Hall–Kier alpha value is -2.12. The number of nitrogens with one attached hydrogen (secondary N) is 1. The lowest BCUT2D eigenvalue weighted by Gasteiger charge is -2.41. The van der Waals surface area contributed by atoms with Crippen molar-refractivity contribution >= 4 is 11.8 Å². The van der Waals surface area contributed by atoms with Crippen LogP contribution in [0, 0.1) is 5.92 Å². The molecule has 0 aromatic heterocycles. The zero-order valence-corrected chi connectivity index (χ0v) is 20.1.